The molecule has 0 fully saturated rings. The van der Waals surface area contributed by atoms with E-state index in [0.29, 0.717) is 22.8 Å². The standard InChI is InChI=1S/C18H17BrO4/c1-21-16-11-7-13(17(22-2)18(16)23-3)6-10-15(20)12-4-8-14(19)9-5-12/h4-11H,1-3H3. The zero-order valence-corrected chi connectivity index (χ0v) is 14.7. The van der Waals surface area contributed by atoms with Gasteiger partial charge < -0.3 is 14.2 Å². The molecule has 0 spiro atoms. The number of rotatable bonds is 6. The normalized spacial score (nSPS) is 10.6. The zero-order chi connectivity index (χ0) is 16.8. The molecule has 0 bridgehead atoms. The third-order valence-electron chi connectivity index (χ3n) is 3.28. The number of allylic oxidation sites excluding steroid dienone is 1. The van der Waals surface area contributed by atoms with Crippen molar-refractivity contribution in [3.8, 4) is 17.2 Å². The van der Waals surface area contributed by atoms with Crippen molar-refractivity contribution in [1.82, 2.24) is 0 Å². The van der Waals surface area contributed by atoms with E-state index in [-0.39, 0.29) is 5.78 Å². The number of carbonyl (C=O) groups excluding carboxylic acids is 1. The number of hydrogen-bond donors (Lipinski definition) is 0. The van der Waals surface area contributed by atoms with Crippen molar-refractivity contribution in [2.45, 2.75) is 0 Å². The summed E-state index contributed by atoms with van der Waals surface area (Å²) in [5.74, 6) is 1.50. The van der Waals surface area contributed by atoms with Gasteiger partial charge in [0.1, 0.15) is 0 Å². The SMILES string of the molecule is COc1ccc(C=CC(=O)c2ccc(Br)cc2)c(OC)c1OC. The van der Waals surface area contributed by atoms with Crippen LogP contribution in [0.4, 0.5) is 0 Å². The fraction of sp³-hybridized carbons (Fsp3) is 0.167. The lowest BCUT2D eigenvalue weighted by atomic mass is 10.1. The van der Waals surface area contributed by atoms with Crippen molar-refractivity contribution in [2.75, 3.05) is 21.3 Å². The van der Waals surface area contributed by atoms with Crippen molar-refractivity contribution >= 4 is 27.8 Å². The number of hydrogen-bond acceptors (Lipinski definition) is 4. The Morgan fingerprint density at radius 2 is 1.57 bits per heavy atom. The van der Waals surface area contributed by atoms with Crippen LogP contribution in [0.15, 0.2) is 46.9 Å². The second-order valence-corrected chi connectivity index (χ2v) is 5.54. The minimum absolute atomic E-state index is 0.0886. The summed E-state index contributed by atoms with van der Waals surface area (Å²) < 4.78 is 16.9. The topological polar surface area (TPSA) is 44.8 Å². The number of carbonyl (C=O) groups is 1. The van der Waals surface area contributed by atoms with E-state index in [9.17, 15) is 4.79 Å². The molecule has 0 aliphatic heterocycles. The van der Waals surface area contributed by atoms with Crippen LogP contribution in [0.2, 0.25) is 0 Å². The van der Waals surface area contributed by atoms with E-state index in [1.54, 1.807) is 45.6 Å². The van der Waals surface area contributed by atoms with Crippen LogP contribution < -0.4 is 14.2 Å². The average molecular weight is 377 g/mol. The van der Waals surface area contributed by atoms with Gasteiger partial charge in [-0.25, -0.2) is 0 Å². The lowest BCUT2D eigenvalue weighted by Gasteiger charge is -2.13. The van der Waals surface area contributed by atoms with Crippen LogP contribution >= 0.6 is 15.9 Å². The molecule has 0 saturated carbocycles. The number of ketones is 1. The minimum atomic E-state index is -0.0886. The van der Waals surface area contributed by atoms with Gasteiger partial charge in [-0.05, 0) is 48.6 Å². The molecule has 0 aliphatic rings. The third-order valence-corrected chi connectivity index (χ3v) is 3.81. The average Bonchev–Trinajstić information content (AvgIpc) is 2.59. The van der Waals surface area contributed by atoms with Crippen molar-refractivity contribution in [3.63, 3.8) is 0 Å². The van der Waals surface area contributed by atoms with Crippen LogP contribution in [0.3, 0.4) is 0 Å². The van der Waals surface area contributed by atoms with Crippen molar-refractivity contribution < 1.29 is 19.0 Å². The highest BCUT2D eigenvalue weighted by Crippen LogP contribution is 2.40. The minimum Gasteiger partial charge on any atom is -0.493 e. The molecule has 4 nitrogen and oxygen atoms in total. The molecule has 5 heteroatoms. The summed E-state index contributed by atoms with van der Waals surface area (Å²) in [5.41, 5.74) is 1.35. The smallest absolute Gasteiger partial charge is 0.203 e. The Hall–Kier alpha value is -2.27. The largest absolute Gasteiger partial charge is 0.493 e. The molecule has 0 saturated heterocycles. The van der Waals surface area contributed by atoms with Gasteiger partial charge in [0, 0.05) is 15.6 Å². The summed E-state index contributed by atoms with van der Waals surface area (Å²) in [4.78, 5) is 12.2. The van der Waals surface area contributed by atoms with Crippen molar-refractivity contribution in [1.29, 1.82) is 0 Å². The Morgan fingerprint density at radius 3 is 2.13 bits per heavy atom. The van der Waals surface area contributed by atoms with E-state index < -0.39 is 0 Å². The Bertz CT molecular complexity index is 721. The van der Waals surface area contributed by atoms with Gasteiger partial charge in [-0.3, -0.25) is 4.79 Å². The van der Waals surface area contributed by atoms with E-state index in [1.807, 2.05) is 18.2 Å². The highest BCUT2D eigenvalue weighted by Gasteiger charge is 2.14. The molecule has 0 unspecified atom stereocenters. The highest BCUT2D eigenvalue weighted by atomic mass is 79.9. The quantitative estimate of drug-likeness (QED) is 0.554. The van der Waals surface area contributed by atoms with Crippen LogP contribution in [0.25, 0.3) is 6.08 Å². The third kappa shape index (κ3) is 3.93. The summed E-state index contributed by atoms with van der Waals surface area (Å²) in [6, 6.07) is 10.8. The molecule has 0 heterocycles. The molecular formula is C18H17BrO4. The lowest BCUT2D eigenvalue weighted by Crippen LogP contribution is -1.97. The molecule has 120 valence electrons. The van der Waals surface area contributed by atoms with Crippen LogP contribution in [-0.4, -0.2) is 27.1 Å². The van der Waals surface area contributed by atoms with E-state index >= 15 is 0 Å². The Morgan fingerprint density at radius 1 is 0.913 bits per heavy atom. The van der Waals surface area contributed by atoms with E-state index in [4.69, 9.17) is 14.2 Å². The summed E-state index contributed by atoms with van der Waals surface area (Å²) in [7, 11) is 4.65. The second kappa shape index (κ2) is 7.83. The van der Waals surface area contributed by atoms with Gasteiger partial charge in [0.25, 0.3) is 0 Å². The predicted octanol–water partition coefficient (Wildman–Crippen LogP) is 4.37. The molecule has 0 radical (unpaired) electrons. The maximum Gasteiger partial charge on any atom is 0.203 e. The van der Waals surface area contributed by atoms with Crippen molar-refractivity contribution in [2.24, 2.45) is 0 Å². The number of ether oxygens (including phenoxy) is 3. The Balaban J connectivity index is 2.32. The van der Waals surface area contributed by atoms with E-state index in [1.165, 1.54) is 6.08 Å². The molecule has 0 aliphatic carbocycles. The summed E-state index contributed by atoms with van der Waals surface area (Å²) >= 11 is 3.35. The molecule has 0 amide bonds. The van der Waals surface area contributed by atoms with Crippen LogP contribution in [0.1, 0.15) is 15.9 Å². The summed E-state index contributed by atoms with van der Waals surface area (Å²) in [6.07, 6.45) is 3.21. The Labute approximate surface area is 143 Å². The van der Waals surface area contributed by atoms with Gasteiger partial charge in [-0.2, -0.15) is 0 Å². The molecule has 0 atom stereocenters. The number of benzene rings is 2. The molecule has 0 N–H and O–H groups in total. The zero-order valence-electron chi connectivity index (χ0n) is 13.1. The molecule has 2 aromatic rings. The van der Waals surface area contributed by atoms with Crippen LogP contribution in [-0.2, 0) is 0 Å². The first-order valence-electron chi connectivity index (χ1n) is 6.87. The molecule has 2 aromatic carbocycles. The first kappa shape index (κ1) is 17.1. The predicted molar refractivity (Wildman–Crippen MR) is 93.6 cm³/mol. The van der Waals surface area contributed by atoms with Gasteiger partial charge in [-0.1, -0.05) is 15.9 Å². The van der Waals surface area contributed by atoms with Crippen LogP contribution in [0, 0.1) is 0 Å². The highest BCUT2D eigenvalue weighted by molar-refractivity contribution is 9.10. The molecular weight excluding hydrogens is 360 g/mol. The van der Waals surface area contributed by atoms with Crippen molar-refractivity contribution in [3.05, 3.63) is 58.1 Å². The van der Waals surface area contributed by atoms with E-state index in [0.717, 1.165) is 10.0 Å². The number of halogens is 1. The fourth-order valence-electron chi connectivity index (χ4n) is 2.13. The Kier molecular flexibility index (Phi) is 5.82. The monoisotopic (exact) mass is 376 g/mol. The van der Waals surface area contributed by atoms with Gasteiger partial charge in [0.2, 0.25) is 5.75 Å². The molecule has 23 heavy (non-hydrogen) atoms. The first-order valence-corrected chi connectivity index (χ1v) is 7.67. The van der Waals surface area contributed by atoms with Gasteiger partial charge in [-0.15, -0.1) is 0 Å². The fourth-order valence-corrected chi connectivity index (χ4v) is 2.40. The van der Waals surface area contributed by atoms with Gasteiger partial charge in [0.15, 0.2) is 17.3 Å². The lowest BCUT2D eigenvalue weighted by molar-refractivity contribution is 0.104. The maximum atomic E-state index is 12.2. The van der Waals surface area contributed by atoms with E-state index in [2.05, 4.69) is 15.9 Å². The summed E-state index contributed by atoms with van der Waals surface area (Å²) in [5, 5.41) is 0. The summed E-state index contributed by atoms with van der Waals surface area (Å²) in [6.45, 7) is 0. The number of methoxy groups -OCH3 is 3. The van der Waals surface area contributed by atoms with Gasteiger partial charge >= 0.3 is 0 Å². The molecule has 0 aromatic heterocycles. The molecule has 2 rings (SSSR count). The van der Waals surface area contributed by atoms with Crippen LogP contribution in [0.5, 0.6) is 17.2 Å². The maximum absolute atomic E-state index is 12.2. The van der Waals surface area contributed by atoms with Gasteiger partial charge in [0.05, 0.1) is 21.3 Å². The first-order chi connectivity index (χ1) is 11.1. The second-order valence-electron chi connectivity index (χ2n) is 4.63.